The van der Waals surface area contributed by atoms with Crippen molar-refractivity contribution in [2.45, 2.75) is 30.7 Å². The van der Waals surface area contributed by atoms with Crippen LogP contribution >= 0.6 is 0 Å². The SMILES string of the molecule is COc1ccc(C(OC[C@@H](O)C[C@@H](O)CC=O)(c2ccccc2)c2ccccc2)cc1. The van der Waals surface area contributed by atoms with Crippen molar-refractivity contribution in [1.29, 1.82) is 0 Å². The maximum Gasteiger partial charge on any atom is 0.143 e. The van der Waals surface area contributed by atoms with Crippen LogP contribution in [0.3, 0.4) is 0 Å². The first-order chi connectivity index (χ1) is 15.1. The monoisotopic (exact) mass is 420 g/mol. The smallest absolute Gasteiger partial charge is 0.143 e. The molecule has 3 rings (SSSR count). The fourth-order valence-corrected chi connectivity index (χ4v) is 3.73. The minimum absolute atomic E-state index is 0.0158. The van der Waals surface area contributed by atoms with Crippen molar-refractivity contribution in [3.63, 3.8) is 0 Å². The highest BCUT2D eigenvalue weighted by atomic mass is 16.5. The van der Waals surface area contributed by atoms with E-state index in [2.05, 4.69) is 0 Å². The van der Waals surface area contributed by atoms with E-state index in [1.807, 2.05) is 84.9 Å². The van der Waals surface area contributed by atoms with Crippen molar-refractivity contribution >= 4 is 6.29 Å². The van der Waals surface area contributed by atoms with Gasteiger partial charge in [0.15, 0.2) is 0 Å². The van der Waals surface area contributed by atoms with Crippen LogP contribution in [0.1, 0.15) is 29.5 Å². The molecule has 0 heterocycles. The second kappa shape index (κ2) is 10.9. The lowest BCUT2D eigenvalue weighted by Gasteiger charge is -2.36. The number of hydrogen-bond donors (Lipinski definition) is 2. The zero-order valence-electron chi connectivity index (χ0n) is 17.6. The molecular formula is C26H28O5. The molecule has 3 aromatic carbocycles. The van der Waals surface area contributed by atoms with Crippen molar-refractivity contribution in [3.05, 3.63) is 102 Å². The topological polar surface area (TPSA) is 76.0 Å². The second-order valence-corrected chi connectivity index (χ2v) is 7.40. The maximum absolute atomic E-state index is 10.6. The van der Waals surface area contributed by atoms with Crippen LogP contribution in [0.4, 0.5) is 0 Å². The molecule has 0 unspecified atom stereocenters. The molecule has 5 nitrogen and oxygen atoms in total. The largest absolute Gasteiger partial charge is 0.497 e. The summed E-state index contributed by atoms with van der Waals surface area (Å²) in [7, 11) is 1.62. The first-order valence-corrected chi connectivity index (χ1v) is 10.3. The molecule has 0 fully saturated rings. The number of carbonyl (C=O) groups is 1. The van der Waals surface area contributed by atoms with Crippen LogP contribution < -0.4 is 4.74 Å². The molecule has 0 radical (unpaired) electrons. The van der Waals surface area contributed by atoms with E-state index in [4.69, 9.17) is 9.47 Å². The molecule has 2 atom stereocenters. The molecule has 0 bridgehead atoms. The fourth-order valence-electron chi connectivity index (χ4n) is 3.73. The fraction of sp³-hybridized carbons (Fsp3) is 0.269. The number of benzene rings is 3. The average Bonchev–Trinajstić information content (AvgIpc) is 2.81. The predicted molar refractivity (Wildman–Crippen MR) is 119 cm³/mol. The molecule has 0 aliphatic rings. The lowest BCUT2D eigenvalue weighted by molar-refractivity contribution is -0.110. The summed E-state index contributed by atoms with van der Waals surface area (Å²) < 4.78 is 11.8. The molecule has 0 aromatic heterocycles. The summed E-state index contributed by atoms with van der Waals surface area (Å²) in [6, 6.07) is 27.3. The minimum Gasteiger partial charge on any atom is -0.497 e. The molecule has 3 aromatic rings. The Morgan fingerprint density at radius 3 is 1.81 bits per heavy atom. The molecule has 0 saturated carbocycles. The number of aliphatic hydroxyl groups is 2. The quantitative estimate of drug-likeness (QED) is 0.365. The minimum atomic E-state index is -0.981. The van der Waals surface area contributed by atoms with E-state index < -0.39 is 17.8 Å². The van der Waals surface area contributed by atoms with Crippen LogP contribution in [-0.4, -0.2) is 42.4 Å². The Morgan fingerprint density at radius 2 is 1.32 bits per heavy atom. The Kier molecular flexibility index (Phi) is 7.95. The van der Waals surface area contributed by atoms with Crippen molar-refractivity contribution in [1.82, 2.24) is 0 Å². The van der Waals surface area contributed by atoms with Crippen LogP contribution in [0.5, 0.6) is 5.75 Å². The summed E-state index contributed by atoms with van der Waals surface area (Å²) in [4.78, 5) is 10.6. The predicted octanol–water partition coefficient (Wildman–Crippen LogP) is 3.70. The van der Waals surface area contributed by atoms with E-state index >= 15 is 0 Å². The molecule has 31 heavy (non-hydrogen) atoms. The highest BCUT2D eigenvalue weighted by molar-refractivity contribution is 5.50. The average molecular weight is 421 g/mol. The van der Waals surface area contributed by atoms with Crippen molar-refractivity contribution in [2.24, 2.45) is 0 Å². The zero-order chi connectivity index (χ0) is 22.1. The van der Waals surface area contributed by atoms with Gasteiger partial charge in [0, 0.05) is 12.8 Å². The summed E-state index contributed by atoms with van der Waals surface area (Å²) in [5.74, 6) is 0.732. The molecule has 0 saturated heterocycles. The molecule has 162 valence electrons. The van der Waals surface area contributed by atoms with E-state index in [0.717, 1.165) is 22.4 Å². The third kappa shape index (κ3) is 5.39. The highest BCUT2D eigenvalue weighted by Gasteiger charge is 2.38. The van der Waals surface area contributed by atoms with Gasteiger partial charge in [-0.25, -0.2) is 0 Å². The summed E-state index contributed by atoms with van der Waals surface area (Å²) in [6.45, 7) is -0.0221. The zero-order valence-corrected chi connectivity index (χ0v) is 17.6. The number of ether oxygens (including phenoxy) is 2. The Balaban J connectivity index is 2.05. The molecule has 0 aliphatic heterocycles. The number of hydrogen-bond acceptors (Lipinski definition) is 5. The lowest BCUT2D eigenvalue weighted by Crippen LogP contribution is -2.36. The van der Waals surface area contributed by atoms with E-state index in [-0.39, 0.29) is 19.4 Å². The van der Waals surface area contributed by atoms with Gasteiger partial charge in [-0.15, -0.1) is 0 Å². The Hall–Kier alpha value is -2.99. The third-order valence-corrected chi connectivity index (χ3v) is 5.26. The maximum atomic E-state index is 10.6. The first-order valence-electron chi connectivity index (χ1n) is 10.3. The van der Waals surface area contributed by atoms with Gasteiger partial charge >= 0.3 is 0 Å². The highest BCUT2D eigenvalue weighted by Crippen LogP contribution is 2.41. The lowest BCUT2D eigenvalue weighted by atomic mass is 9.80. The second-order valence-electron chi connectivity index (χ2n) is 7.40. The van der Waals surface area contributed by atoms with E-state index in [9.17, 15) is 15.0 Å². The number of rotatable bonds is 11. The number of methoxy groups -OCH3 is 1. The van der Waals surface area contributed by atoms with Gasteiger partial charge in [0.05, 0.1) is 25.9 Å². The van der Waals surface area contributed by atoms with Crippen molar-refractivity contribution in [2.75, 3.05) is 13.7 Å². The molecule has 0 aliphatic carbocycles. The normalized spacial score (nSPS) is 13.4. The van der Waals surface area contributed by atoms with Crippen LogP contribution in [0, 0.1) is 0 Å². The summed E-state index contributed by atoms with van der Waals surface area (Å²) in [6.07, 6.45) is -1.15. The van der Waals surface area contributed by atoms with Gasteiger partial charge in [0.2, 0.25) is 0 Å². The molecule has 0 amide bonds. The summed E-state index contributed by atoms with van der Waals surface area (Å²) in [5, 5.41) is 20.4. The van der Waals surface area contributed by atoms with E-state index in [1.54, 1.807) is 7.11 Å². The van der Waals surface area contributed by atoms with Gasteiger partial charge in [-0.3, -0.25) is 0 Å². The standard InChI is InChI=1S/C26H28O5/c1-30-25-14-12-22(13-15-25)26(20-8-4-2-5-9-20,21-10-6-3-7-11-21)31-19-24(29)18-23(28)16-17-27/h2-15,17,23-24,28-29H,16,18-19H2,1H3/t23-,24-/m0/s1. The molecule has 0 spiro atoms. The number of aliphatic hydroxyl groups excluding tert-OH is 2. The summed E-state index contributed by atoms with van der Waals surface area (Å²) >= 11 is 0. The first kappa shape index (κ1) is 22.7. The number of carbonyl (C=O) groups excluding carboxylic acids is 1. The van der Waals surface area contributed by atoms with Gasteiger partial charge in [0.1, 0.15) is 17.6 Å². The Bertz CT molecular complexity index is 886. The van der Waals surface area contributed by atoms with Crippen LogP contribution in [0.25, 0.3) is 0 Å². The van der Waals surface area contributed by atoms with Gasteiger partial charge in [-0.1, -0.05) is 72.8 Å². The van der Waals surface area contributed by atoms with Crippen LogP contribution in [-0.2, 0) is 15.1 Å². The number of aldehydes is 1. The van der Waals surface area contributed by atoms with Crippen LogP contribution in [0.15, 0.2) is 84.9 Å². The Morgan fingerprint density at radius 1 is 0.806 bits per heavy atom. The molecular weight excluding hydrogens is 392 g/mol. The van der Waals surface area contributed by atoms with Gasteiger partial charge in [-0.2, -0.15) is 0 Å². The van der Waals surface area contributed by atoms with E-state index in [1.165, 1.54) is 0 Å². The van der Waals surface area contributed by atoms with Crippen LogP contribution in [0.2, 0.25) is 0 Å². The molecule has 5 heteroatoms. The summed E-state index contributed by atoms with van der Waals surface area (Å²) in [5.41, 5.74) is 1.72. The van der Waals surface area contributed by atoms with Gasteiger partial charge in [0.25, 0.3) is 0 Å². The van der Waals surface area contributed by atoms with Crippen molar-refractivity contribution in [3.8, 4) is 5.75 Å². The van der Waals surface area contributed by atoms with Gasteiger partial charge in [-0.05, 0) is 28.8 Å². The van der Waals surface area contributed by atoms with Crippen molar-refractivity contribution < 1.29 is 24.5 Å². The molecule has 2 N–H and O–H groups in total. The van der Waals surface area contributed by atoms with E-state index in [0.29, 0.717) is 6.29 Å². The third-order valence-electron chi connectivity index (χ3n) is 5.26. The van der Waals surface area contributed by atoms with Gasteiger partial charge < -0.3 is 24.5 Å². The Labute approximate surface area is 182 Å².